The van der Waals surface area contributed by atoms with Gasteiger partial charge in [-0.1, -0.05) is 36.0 Å². The zero-order valence-electron chi connectivity index (χ0n) is 14.8. The van der Waals surface area contributed by atoms with Gasteiger partial charge in [0.2, 0.25) is 5.91 Å². The number of fused-ring (bicyclic) bond motifs is 1. The third-order valence-corrected chi connectivity index (χ3v) is 5.01. The molecule has 0 aliphatic rings. The van der Waals surface area contributed by atoms with Crippen molar-refractivity contribution >= 4 is 34.4 Å². The minimum atomic E-state index is -0.304. The largest absolute Gasteiger partial charge is 0.497 e. The van der Waals surface area contributed by atoms with Crippen molar-refractivity contribution in [2.45, 2.75) is 23.9 Å². The Hall–Kier alpha value is -2.73. The number of benzene rings is 2. The Kier molecular flexibility index (Phi) is 5.63. The van der Waals surface area contributed by atoms with E-state index in [0.29, 0.717) is 18.0 Å². The van der Waals surface area contributed by atoms with Crippen LogP contribution in [0.25, 0.3) is 11.0 Å². The maximum absolute atomic E-state index is 12.6. The van der Waals surface area contributed by atoms with Crippen LogP contribution in [0.4, 0.5) is 5.69 Å². The van der Waals surface area contributed by atoms with Gasteiger partial charge in [0.15, 0.2) is 5.16 Å². The van der Waals surface area contributed by atoms with Gasteiger partial charge in [0.1, 0.15) is 5.75 Å². The number of anilines is 1. The van der Waals surface area contributed by atoms with E-state index in [0.717, 1.165) is 16.2 Å². The first-order valence-electron chi connectivity index (χ1n) is 8.30. The molecule has 0 bridgehead atoms. The topological polar surface area (TPSA) is 56.2 Å². The zero-order chi connectivity index (χ0) is 18.5. The van der Waals surface area contributed by atoms with Crippen LogP contribution in [0.5, 0.6) is 5.75 Å². The summed E-state index contributed by atoms with van der Waals surface area (Å²) in [5, 5.41) is 3.43. The highest BCUT2D eigenvalue weighted by molar-refractivity contribution is 8.00. The van der Waals surface area contributed by atoms with Gasteiger partial charge in [0.25, 0.3) is 0 Å². The summed E-state index contributed by atoms with van der Waals surface area (Å²) < 4.78 is 7.26. The zero-order valence-corrected chi connectivity index (χ0v) is 15.6. The highest BCUT2D eigenvalue weighted by atomic mass is 32.2. The van der Waals surface area contributed by atoms with Gasteiger partial charge >= 0.3 is 0 Å². The Morgan fingerprint density at radius 1 is 1.35 bits per heavy atom. The number of ether oxygens (including phenoxy) is 1. The molecule has 1 N–H and O–H groups in total. The molecule has 3 aromatic rings. The molecule has 0 aliphatic heterocycles. The number of nitrogens with one attached hydrogen (secondary N) is 1. The minimum Gasteiger partial charge on any atom is -0.497 e. The summed E-state index contributed by atoms with van der Waals surface area (Å²) >= 11 is 1.43. The summed E-state index contributed by atoms with van der Waals surface area (Å²) in [5.74, 6) is 0.622. The van der Waals surface area contributed by atoms with E-state index in [1.165, 1.54) is 11.8 Å². The van der Waals surface area contributed by atoms with E-state index in [-0.39, 0.29) is 11.2 Å². The number of hydrogen-bond acceptors (Lipinski definition) is 4. The van der Waals surface area contributed by atoms with E-state index in [9.17, 15) is 4.79 Å². The Labute approximate surface area is 157 Å². The van der Waals surface area contributed by atoms with E-state index >= 15 is 0 Å². The molecule has 3 rings (SSSR count). The SMILES string of the molecule is C=CCn1c(SC(C)C(=O)Nc2cccc(OC)c2)nc2ccccc21. The van der Waals surface area contributed by atoms with Crippen molar-refractivity contribution in [3.05, 3.63) is 61.2 Å². The number of aromatic nitrogens is 2. The van der Waals surface area contributed by atoms with Crippen molar-refractivity contribution in [2.24, 2.45) is 0 Å². The number of hydrogen-bond donors (Lipinski definition) is 1. The van der Waals surface area contributed by atoms with Gasteiger partial charge in [-0.15, -0.1) is 6.58 Å². The third kappa shape index (κ3) is 3.91. The molecular formula is C20H21N3O2S. The van der Waals surface area contributed by atoms with E-state index < -0.39 is 0 Å². The van der Waals surface area contributed by atoms with Crippen molar-refractivity contribution in [1.82, 2.24) is 9.55 Å². The smallest absolute Gasteiger partial charge is 0.237 e. The second-order valence-corrected chi connectivity index (χ2v) is 7.07. The highest BCUT2D eigenvalue weighted by Crippen LogP contribution is 2.28. The summed E-state index contributed by atoms with van der Waals surface area (Å²) in [6.07, 6.45) is 1.83. The molecule has 5 nitrogen and oxygen atoms in total. The third-order valence-electron chi connectivity index (χ3n) is 3.92. The van der Waals surface area contributed by atoms with Crippen molar-refractivity contribution in [3.8, 4) is 5.75 Å². The molecule has 1 atom stereocenters. The molecule has 0 aliphatic carbocycles. The number of thioether (sulfide) groups is 1. The quantitative estimate of drug-likeness (QED) is 0.498. The average Bonchev–Trinajstić information content (AvgIpc) is 2.99. The van der Waals surface area contributed by atoms with Gasteiger partial charge in [0.05, 0.1) is 23.4 Å². The molecule has 1 unspecified atom stereocenters. The predicted molar refractivity (Wildman–Crippen MR) is 107 cm³/mol. The van der Waals surface area contributed by atoms with E-state index in [1.54, 1.807) is 13.2 Å². The maximum atomic E-state index is 12.6. The first-order valence-corrected chi connectivity index (χ1v) is 9.18. The van der Waals surface area contributed by atoms with Gasteiger partial charge in [0, 0.05) is 18.3 Å². The van der Waals surface area contributed by atoms with Crippen LogP contribution in [0.3, 0.4) is 0 Å². The van der Waals surface area contributed by atoms with Crippen molar-refractivity contribution < 1.29 is 9.53 Å². The van der Waals surface area contributed by atoms with Crippen LogP contribution < -0.4 is 10.1 Å². The first kappa shape index (κ1) is 18.1. The Morgan fingerprint density at radius 3 is 2.92 bits per heavy atom. The summed E-state index contributed by atoms with van der Waals surface area (Å²) in [6.45, 7) is 6.34. The minimum absolute atomic E-state index is 0.0829. The number of para-hydroxylation sites is 2. The van der Waals surface area contributed by atoms with Crippen LogP contribution in [-0.2, 0) is 11.3 Å². The van der Waals surface area contributed by atoms with E-state index in [2.05, 4.69) is 21.4 Å². The normalized spacial score (nSPS) is 11.9. The summed E-state index contributed by atoms with van der Waals surface area (Å²) in [5.41, 5.74) is 2.66. The van der Waals surface area contributed by atoms with Crippen LogP contribution >= 0.6 is 11.8 Å². The lowest BCUT2D eigenvalue weighted by atomic mass is 10.3. The number of nitrogens with zero attached hydrogens (tertiary/aromatic N) is 2. The molecular weight excluding hydrogens is 346 g/mol. The van der Waals surface area contributed by atoms with Crippen molar-refractivity contribution in [1.29, 1.82) is 0 Å². The molecule has 0 saturated heterocycles. The molecule has 6 heteroatoms. The number of allylic oxidation sites excluding steroid dienone is 1. The fourth-order valence-corrected chi connectivity index (χ4v) is 3.54. The number of amides is 1. The van der Waals surface area contributed by atoms with Crippen LogP contribution in [-0.4, -0.2) is 27.8 Å². The van der Waals surface area contributed by atoms with E-state index in [1.807, 2.05) is 55.5 Å². The Bertz CT molecular complexity index is 936. The number of carbonyl (C=O) groups excluding carboxylic acids is 1. The van der Waals surface area contributed by atoms with E-state index in [4.69, 9.17) is 4.74 Å². The number of rotatable bonds is 7. The monoisotopic (exact) mass is 367 g/mol. The average molecular weight is 367 g/mol. The summed E-state index contributed by atoms with van der Waals surface area (Å²) in [6, 6.07) is 15.3. The predicted octanol–water partition coefficient (Wildman–Crippen LogP) is 4.35. The lowest BCUT2D eigenvalue weighted by Gasteiger charge is -2.13. The van der Waals surface area contributed by atoms with Gasteiger partial charge < -0.3 is 14.6 Å². The molecule has 1 heterocycles. The van der Waals surface area contributed by atoms with Crippen LogP contribution in [0.2, 0.25) is 0 Å². The van der Waals surface area contributed by atoms with Crippen LogP contribution in [0.1, 0.15) is 6.92 Å². The molecule has 0 saturated carbocycles. The lowest BCUT2D eigenvalue weighted by Crippen LogP contribution is -2.22. The fourth-order valence-electron chi connectivity index (χ4n) is 2.61. The Balaban J connectivity index is 1.77. The fraction of sp³-hybridized carbons (Fsp3) is 0.200. The van der Waals surface area contributed by atoms with Crippen LogP contribution in [0, 0.1) is 0 Å². The van der Waals surface area contributed by atoms with Gasteiger partial charge in [-0.05, 0) is 31.2 Å². The second-order valence-electron chi connectivity index (χ2n) is 5.76. The molecule has 0 radical (unpaired) electrons. The van der Waals surface area contributed by atoms with Gasteiger partial charge in [-0.25, -0.2) is 4.98 Å². The standard InChI is InChI=1S/C20H21N3O2S/c1-4-12-23-18-11-6-5-10-17(18)22-20(23)26-14(2)19(24)21-15-8-7-9-16(13-15)25-3/h4-11,13-14H,1,12H2,2-3H3,(H,21,24). The maximum Gasteiger partial charge on any atom is 0.237 e. The van der Waals surface area contributed by atoms with Crippen molar-refractivity contribution in [2.75, 3.05) is 12.4 Å². The van der Waals surface area contributed by atoms with Crippen molar-refractivity contribution in [3.63, 3.8) is 0 Å². The number of imidazole rings is 1. The number of methoxy groups -OCH3 is 1. The lowest BCUT2D eigenvalue weighted by molar-refractivity contribution is -0.115. The summed E-state index contributed by atoms with van der Waals surface area (Å²) in [4.78, 5) is 17.2. The van der Waals surface area contributed by atoms with Gasteiger partial charge in [-0.3, -0.25) is 4.79 Å². The first-order chi connectivity index (χ1) is 12.6. The molecule has 2 aromatic carbocycles. The Morgan fingerprint density at radius 2 is 2.15 bits per heavy atom. The molecule has 1 amide bonds. The second kappa shape index (κ2) is 8.10. The highest BCUT2D eigenvalue weighted by Gasteiger charge is 2.19. The number of carbonyl (C=O) groups is 1. The van der Waals surface area contributed by atoms with Gasteiger partial charge in [-0.2, -0.15) is 0 Å². The molecule has 26 heavy (non-hydrogen) atoms. The molecule has 134 valence electrons. The molecule has 1 aromatic heterocycles. The molecule has 0 fully saturated rings. The van der Waals surface area contributed by atoms with Crippen LogP contribution in [0.15, 0.2) is 66.3 Å². The summed E-state index contributed by atoms with van der Waals surface area (Å²) in [7, 11) is 1.60. The molecule has 0 spiro atoms.